The zero-order chi connectivity index (χ0) is 11.7. The molecule has 0 spiro atoms. The van der Waals surface area contributed by atoms with E-state index in [1.165, 1.54) is 0 Å². The number of para-hydroxylation sites is 1. The fourth-order valence-corrected chi connectivity index (χ4v) is 2.66. The smallest absolute Gasteiger partial charge is 0.410 e. The molecular weight excluding hydrogens is 216 g/mol. The van der Waals surface area contributed by atoms with Crippen LogP contribution in [-0.4, -0.2) is 37.2 Å². The molecule has 90 valence electrons. The number of rotatable bonds is 1. The van der Waals surface area contributed by atoms with Crippen LogP contribution in [0.25, 0.3) is 0 Å². The number of carbonyl (C=O) groups is 1. The molecular formula is C13H16N2O2. The Morgan fingerprint density at radius 2 is 1.82 bits per heavy atom. The number of likely N-dealkylation sites (tertiary alicyclic amines) is 1. The van der Waals surface area contributed by atoms with Gasteiger partial charge in [-0.25, -0.2) is 4.79 Å². The molecule has 4 nitrogen and oxygen atoms in total. The maximum Gasteiger partial charge on any atom is 0.415 e. The fraction of sp³-hybridized carbons (Fsp3) is 0.462. The summed E-state index contributed by atoms with van der Waals surface area (Å²) in [5.74, 6) is 1.84. The molecule has 0 saturated carbocycles. The van der Waals surface area contributed by atoms with Gasteiger partial charge in [0.25, 0.3) is 0 Å². The summed E-state index contributed by atoms with van der Waals surface area (Å²) < 4.78 is 5.33. The molecule has 2 aliphatic heterocycles. The van der Waals surface area contributed by atoms with Crippen LogP contribution in [0.2, 0.25) is 0 Å². The van der Waals surface area contributed by atoms with Crippen molar-refractivity contribution in [3.8, 4) is 5.75 Å². The summed E-state index contributed by atoms with van der Waals surface area (Å²) in [6.45, 7) is 3.70. The Kier molecular flexibility index (Phi) is 2.73. The fourth-order valence-electron chi connectivity index (χ4n) is 2.66. The molecule has 0 unspecified atom stereocenters. The molecule has 0 radical (unpaired) electrons. The molecule has 3 rings (SSSR count). The Morgan fingerprint density at radius 1 is 1.18 bits per heavy atom. The Hall–Kier alpha value is -1.55. The van der Waals surface area contributed by atoms with Gasteiger partial charge < -0.3 is 15.0 Å². The third-order valence-corrected chi connectivity index (χ3v) is 3.60. The third kappa shape index (κ3) is 2.13. The van der Waals surface area contributed by atoms with Gasteiger partial charge in [-0.1, -0.05) is 18.2 Å². The summed E-state index contributed by atoms with van der Waals surface area (Å²) in [5.41, 5.74) is 0. The lowest BCUT2D eigenvalue weighted by Crippen LogP contribution is -2.34. The van der Waals surface area contributed by atoms with Crippen LogP contribution >= 0.6 is 0 Å². The van der Waals surface area contributed by atoms with E-state index >= 15 is 0 Å². The molecule has 2 aliphatic rings. The summed E-state index contributed by atoms with van der Waals surface area (Å²) in [6, 6.07) is 9.24. The van der Waals surface area contributed by atoms with Crippen molar-refractivity contribution in [1.29, 1.82) is 0 Å². The molecule has 0 aliphatic carbocycles. The molecule has 1 aromatic rings. The molecule has 17 heavy (non-hydrogen) atoms. The zero-order valence-electron chi connectivity index (χ0n) is 9.63. The quantitative estimate of drug-likeness (QED) is 0.794. The van der Waals surface area contributed by atoms with Gasteiger partial charge in [0.15, 0.2) is 0 Å². The average Bonchev–Trinajstić information content (AvgIpc) is 2.90. The van der Waals surface area contributed by atoms with Gasteiger partial charge in [0.1, 0.15) is 5.75 Å². The van der Waals surface area contributed by atoms with Crippen LogP contribution in [0.3, 0.4) is 0 Å². The highest BCUT2D eigenvalue weighted by molar-refractivity contribution is 5.71. The van der Waals surface area contributed by atoms with Crippen molar-refractivity contribution >= 4 is 6.09 Å². The van der Waals surface area contributed by atoms with Gasteiger partial charge in [-0.05, 0) is 24.0 Å². The van der Waals surface area contributed by atoms with Crippen molar-refractivity contribution in [2.24, 2.45) is 11.8 Å². The predicted octanol–water partition coefficient (Wildman–Crippen LogP) is 1.34. The summed E-state index contributed by atoms with van der Waals surface area (Å²) in [6.07, 6.45) is -0.217. The minimum atomic E-state index is -0.217. The number of hydrogen-bond acceptors (Lipinski definition) is 3. The summed E-state index contributed by atoms with van der Waals surface area (Å²) in [4.78, 5) is 13.8. The summed E-state index contributed by atoms with van der Waals surface area (Å²) >= 11 is 0. The maximum atomic E-state index is 11.9. The average molecular weight is 232 g/mol. The van der Waals surface area contributed by atoms with E-state index < -0.39 is 0 Å². The second-order valence-corrected chi connectivity index (χ2v) is 4.76. The van der Waals surface area contributed by atoms with Crippen LogP contribution < -0.4 is 10.1 Å². The number of nitrogens with zero attached hydrogens (tertiary/aromatic N) is 1. The van der Waals surface area contributed by atoms with E-state index in [4.69, 9.17) is 4.74 Å². The number of nitrogens with one attached hydrogen (secondary N) is 1. The van der Waals surface area contributed by atoms with E-state index in [-0.39, 0.29) is 6.09 Å². The van der Waals surface area contributed by atoms with E-state index in [1.54, 1.807) is 12.1 Å². The SMILES string of the molecule is O=C(Oc1ccccc1)N1C[C@@H]2CNC[C@H]2C1. The molecule has 0 aromatic heterocycles. The molecule has 0 bridgehead atoms. The first-order chi connectivity index (χ1) is 8.33. The largest absolute Gasteiger partial charge is 0.415 e. The molecule has 1 amide bonds. The number of amides is 1. The van der Waals surface area contributed by atoms with Crippen LogP contribution in [0, 0.1) is 11.8 Å². The summed E-state index contributed by atoms with van der Waals surface area (Å²) in [5, 5.41) is 3.35. The highest BCUT2D eigenvalue weighted by Gasteiger charge is 2.38. The number of ether oxygens (including phenoxy) is 1. The number of fused-ring (bicyclic) bond motifs is 1. The first kappa shape index (κ1) is 10.6. The second kappa shape index (κ2) is 4.37. The molecule has 1 aromatic carbocycles. The number of benzene rings is 1. The number of hydrogen-bond donors (Lipinski definition) is 1. The van der Waals surface area contributed by atoms with Crippen molar-refractivity contribution in [2.45, 2.75) is 0 Å². The van der Waals surface area contributed by atoms with Gasteiger partial charge in [0.05, 0.1) is 0 Å². The second-order valence-electron chi connectivity index (χ2n) is 4.76. The van der Waals surface area contributed by atoms with Gasteiger partial charge >= 0.3 is 6.09 Å². The highest BCUT2D eigenvalue weighted by Crippen LogP contribution is 2.26. The maximum absolute atomic E-state index is 11.9. The van der Waals surface area contributed by atoms with E-state index in [0.29, 0.717) is 17.6 Å². The van der Waals surface area contributed by atoms with E-state index in [9.17, 15) is 4.79 Å². The molecule has 4 heteroatoms. The van der Waals surface area contributed by atoms with Gasteiger partial charge in [0.2, 0.25) is 0 Å². The molecule has 2 saturated heterocycles. The summed E-state index contributed by atoms with van der Waals surface area (Å²) in [7, 11) is 0. The van der Waals surface area contributed by atoms with Crippen molar-refractivity contribution in [1.82, 2.24) is 10.2 Å². The first-order valence-corrected chi connectivity index (χ1v) is 6.05. The third-order valence-electron chi connectivity index (χ3n) is 3.60. The molecule has 2 fully saturated rings. The normalized spacial score (nSPS) is 26.9. The van der Waals surface area contributed by atoms with Crippen molar-refractivity contribution in [3.05, 3.63) is 30.3 Å². The van der Waals surface area contributed by atoms with Gasteiger partial charge in [-0.15, -0.1) is 0 Å². The van der Waals surface area contributed by atoms with Gasteiger partial charge in [-0.3, -0.25) is 0 Å². The Morgan fingerprint density at radius 3 is 2.47 bits per heavy atom. The Labute approximate surface area is 101 Å². The highest BCUT2D eigenvalue weighted by atomic mass is 16.6. The predicted molar refractivity (Wildman–Crippen MR) is 63.9 cm³/mol. The lowest BCUT2D eigenvalue weighted by atomic mass is 10.0. The van der Waals surface area contributed by atoms with Gasteiger partial charge in [-0.2, -0.15) is 0 Å². The minimum Gasteiger partial charge on any atom is -0.410 e. The first-order valence-electron chi connectivity index (χ1n) is 6.05. The monoisotopic (exact) mass is 232 g/mol. The van der Waals surface area contributed by atoms with Crippen LogP contribution in [-0.2, 0) is 0 Å². The Balaban J connectivity index is 1.61. The van der Waals surface area contributed by atoms with Crippen LogP contribution in [0.15, 0.2) is 30.3 Å². The number of carbonyl (C=O) groups excluding carboxylic acids is 1. The van der Waals surface area contributed by atoms with Crippen LogP contribution in [0.4, 0.5) is 4.79 Å². The molecule has 2 heterocycles. The minimum absolute atomic E-state index is 0.217. The van der Waals surface area contributed by atoms with Crippen molar-refractivity contribution in [3.63, 3.8) is 0 Å². The van der Waals surface area contributed by atoms with E-state index in [1.807, 2.05) is 23.1 Å². The van der Waals surface area contributed by atoms with E-state index in [0.717, 1.165) is 26.2 Å². The standard InChI is InChI=1S/C13H16N2O2/c16-13(17-12-4-2-1-3-5-12)15-8-10-6-14-7-11(10)9-15/h1-5,10-11,14H,6-9H2/t10-,11-/m0/s1. The van der Waals surface area contributed by atoms with Crippen molar-refractivity contribution < 1.29 is 9.53 Å². The van der Waals surface area contributed by atoms with E-state index in [2.05, 4.69) is 5.32 Å². The zero-order valence-corrected chi connectivity index (χ0v) is 9.63. The topological polar surface area (TPSA) is 41.6 Å². The molecule has 2 atom stereocenters. The molecule has 1 N–H and O–H groups in total. The van der Waals surface area contributed by atoms with Crippen molar-refractivity contribution in [2.75, 3.05) is 26.2 Å². The lowest BCUT2D eigenvalue weighted by molar-refractivity contribution is 0.159. The Bertz CT molecular complexity index is 395. The van der Waals surface area contributed by atoms with Crippen LogP contribution in [0.1, 0.15) is 0 Å². The lowest BCUT2D eigenvalue weighted by Gasteiger charge is -2.16. The van der Waals surface area contributed by atoms with Gasteiger partial charge in [0, 0.05) is 26.2 Å². The van der Waals surface area contributed by atoms with Crippen LogP contribution in [0.5, 0.6) is 5.75 Å².